The smallest absolute Gasteiger partial charge is 0.0639 e. The molecule has 0 aliphatic heterocycles. The Kier molecular flexibility index (Phi) is 3.16. The van der Waals surface area contributed by atoms with Gasteiger partial charge < -0.3 is 5.73 Å². The summed E-state index contributed by atoms with van der Waals surface area (Å²) in [4.78, 5) is 0. The molecule has 0 saturated heterocycles. The van der Waals surface area contributed by atoms with Crippen molar-refractivity contribution in [3.63, 3.8) is 0 Å². The minimum absolute atomic E-state index is 0.110. The Bertz CT molecular complexity index is 320. The lowest BCUT2D eigenvalue weighted by atomic mass is 10.2. The molecule has 2 N–H and O–H groups in total. The minimum Gasteiger partial charge on any atom is -0.318 e. The first kappa shape index (κ1) is 9.12. The van der Waals surface area contributed by atoms with Crippen LogP contribution in [0.5, 0.6) is 0 Å². The molecule has 1 atom stereocenters. The van der Waals surface area contributed by atoms with E-state index in [0.29, 0.717) is 5.02 Å². The molecule has 1 aromatic carbocycles. The third kappa shape index (κ3) is 2.58. The van der Waals surface area contributed by atoms with E-state index in [1.54, 1.807) is 0 Å². The molecular formula is C10H10ClN. The van der Waals surface area contributed by atoms with Gasteiger partial charge in [-0.3, -0.25) is 0 Å². The van der Waals surface area contributed by atoms with Crippen molar-refractivity contribution in [2.75, 3.05) is 0 Å². The molecule has 0 saturated carbocycles. The fraction of sp³-hybridized carbons (Fsp3) is 0.200. The summed E-state index contributed by atoms with van der Waals surface area (Å²) < 4.78 is 0. The highest BCUT2D eigenvalue weighted by atomic mass is 35.5. The maximum absolute atomic E-state index is 5.86. The summed E-state index contributed by atoms with van der Waals surface area (Å²) in [7, 11) is 0. The Morgan fingerprint density at radius 1 is 1.42 bits per heavy atom. The van der Waals surface area contributed by atoms with Crippen LogP contribution in [-0.2, 0) is 0 Å². The molecule has 1 rings (SSSR count). The van der Waals surface area contributed by atoms with E-state index in [4.69, 9.17) is 17.3 Å². The van der Waals surface area contributed by atoms with Gasteiger partial charge in [0.15, 0.2) is 0 Å². The Morgan fingerprint density at radius 3 is 2.67 bits per heavy atom. The zero-order chi connectivity index (χ0) is 8.97. The fourth-order valence-electron chi connectivity index (χ4n) is 0.754. The summed E-state index contributed by atoms with van der Waals surface area (Å²) in [6.45, 7) is 1.84. The average molecular weight is 180 g/mol. The SMILES string of the molecule is C[C@@H](N)C#Cc1ccccc1Cl. The molecule has 2 heteroatoms. The number of rotatable bonds is 0. The van der Waals surface area contributed by atoms with E-state index in [1.165, 1.54) is 0 Å². The molecule has 0 heterocycles. The standard InChI is InChI=1S/C10H10ClN/c1-8(12)6-7-9-4-2-3-5-10(9)11/h2-5,8H,12H2,1H3/t8-/m1/s1. The number of halogens is 1. The van der Waals surface area contributed by atoms with Crippen molar-refractivity contribution in [1.82, 2.24) is 0 Å². The topological polar surface area (TPSA) is 26.0 Å². The maximum Gasteiger partial charge on any atom is 0.0639 e. The second-order valence-electron chi connectivity index (χ2n) is 2.54. The number of hydrogen-bond donors (Lipinski definition) is 1. The van der Waals surface area contributed by atoms with E-state index in [9.17, 15) is 0 Å². The van der Waals surface area contributed by atoms with Crippen LogP contribution < -0.4 is 5.73 Å². The van der Waals surface area contributed by atoms with Crippen LogP contribution in [0.15, 0.2) is 24.3 Å². The molecule has 0 spiro atoms. The van der Waals surface area contributed by atoms with Crippen LogP contribution in [0.25, 0.3) is 0 Å². The monoisotopic (exact) mass is 179 g/mol. The van der Waals surface area contributed by atoms with Crippen molar-refractivity contribution in [3.05, 3.63) is 34.9 Å². The average Bonchev–Trinajstić information content (AvgIpc) is 2.03. The van der Waals surface area contributed by atoms with Gasteiger partial charge in [-0.15, -0.1) is 0 Å². The van der Waals surface area contributed by atoms with Gasteiger partial charge in [-0.05, 0) is 19.1 Å². The first-order chi connectivity index (χ1) is 5.70. The quantitative estimate of drug-likeness (QED) is 0.606. The molecule has 0 bridgehead atoms. The number of hydrogen-bond acceptors (Lipinski definition) is 1. The second-order valence-corrected chi connectivity index (χ2v) is 2.95. The highest BCUT2D eigenvalue weighted by molar-refractivity contribution is 6.31. The van der Waals surface area contributed by atoms with Gasteiger partial charge in [-0.1, -0.05) is 35.6 Å². The minimum atomic E-state index is -0.110. The Labute approximate surface area is 77.5 Å². The molecule has 0 aliphatic carbocycles. The molecule has 12 heavy (non-hydrogen) atoms. The van der Waals surface area contributed by atoms with Gasteiger partial charge in [0.25, 0.3) is 0 Å². The number of benzene rings is 1. The van der Waals surface area contributed by atoms with E-state index in [0.717, 1.165) is 5.56 Å². The van der Waals surface area contributed by atoms with Crippen LogP contribution in [0.3, 0.4) is 0 Å². The van der Waals surface area contributed by atoms with E-state index < -0.39 is 0 Å². The molecule has 0 unspecified atom stereocenters. The molecular weight excluding hydrogens is 170 g/mol. The normalized spacial score (nSPS) is 11.6. The molecule has 0 fully saturated rings. The zero-order valence-corrected chi connectivity index (χ0v) is 7.60. The Hall–Kier alpha value is -0.970. The van der Waals surface area contributed by atoms with Crippen LogP contribution >= 0.6 is 11.6 Å². The van der Waals surface area contributed by atoms with E-state index in [1.807, 2.05) is 31.2 Å². The van der Waals surface area contributed by atoms with Crippen LogP contribution in [0.2, 0.25) is 5.02 Å². The van der Waals surface area contributed by atoms with Gasteiger partial charge in [0.1, 0.15) is 0 Å². The molecule has 0 aliphatic rings. The summed E-state index contributed by atoms with van der Waals surface area (Å²) in [6, 6.07) is 7.35. The zero-order valence-electron chi connectivity index (χ0n) is 6.84. The first-order valence-corrected chi connectivity index (χ1v) is 4.09. The lowest BCUT2D eigenvalue weighted by Crippen LogP contribution is -2.10. The summed E-state index contributed by atoms with van der Waals surface area (Å²) in [6.07, 6.45) is 0. The van der Waals surface area contributed by atoms with Gasteiger partial charge in [0.2, 0.25) is 0 Å². The highest BCUT2D eigenvalue weighted by Crippen LogP contribution is 2.12. The van der Waals surface area contributed by atoms with Gasteiger partial charge in [0.05, 0.1) is 11.1 Å². The fourth-order valence-corrected chi connectivity index (χ4v) is 0.937. The molecule has 62 valence electrons. The molecule has 0 amide bonds. The third-order valence-corrected chi connectivity index (χ3v) is 1.64. The predicted molar refractivity (Wildman–Crippen MR) is 52.0 cm³/mol. The van der Waals surface area contributed by atoms with E-state index in [-0.39, 0.29) is 6.04 Å². The molecule has 1 nitrogen and oxygen atoms in total. The van der Waals surface area contributed by atoms with Gasteiger partial charge in [-0.2, -0.15) is 0 Å². The van der Waals surface area contributed by atoms with Crippen LogP contribution in [-0.4, -0.2) is 6.04 Å². The third-order valence-electron chi connectivity index (χ3n) is 1.31. The van der Waals surface area contributed by atoms with E-state index >= 15 is 0 Å². The van der Waals surface area contributed by atoms with Crippen molar-refractivity contribution in [1.29, 1.82) is 0 Å². The summed E-state index contributed by atoms with van der Waals surface area (Å²) >= 11 is 5.86. The van der Waals surface area contributed by atoms with E-state index in [2.05, 4.69) is 11.8 Å². The van der Waals surface area contributed by atoms with Crippen LogP contribution in [0.4, 0.5) is 0 Å². The largest absolute Gasteiger partial charge is 0.318 e. The molecule has 0 aromatic heterocycles. The van der Waals surface area contributed by atoms with Gasteiger partial charge in [-0.25, -0.2) is 0 Å². The predicted octanol–water partition coefficient (Wildman–Crippen LogP) is 2.04. The number of nitrogens with two attached hydrogens (primary N) is 1. The van der Waals surface area contributed by atoms with Crippen molar-refractivity contribution < 1.29 is 0 Å². The highest BCUT2D eigenvalue weighted by Gasteiger charge is 1.92. The first-order valence-electron chi connectivity index (χ1n) is 3.72. The van der Waals surface area contributed by atoms with Crippen LogP contribution in [0, 0.1) is 11.8 Å². The second kappa shape index (κ2) is 4.15. The summed E-state index contributed by atoms with van der Waals surface area (Å²) in [5, 5.41) is 0.672. The summed E-state index contributed by atoms with van der Waals surface area (Å²) in [5.74, 6) is 5.75. The van der Waals surface area contributed by atoms with Crippen molar-refractivity contribution in [3.8, 4) is 11.8 Å². The maximum atomic E-state index is 5.86. The van der Waals surface area contributed by atoms with Crippen LogP contribution in [0.1, 0.15) is 12.5 Å². The summed E-state index contributed by atoms with van der Waals surface area (Å²) in [5.41, 5.74) is 6.30. The van der Waals surface area contributed by atoms with Gasteiger partial charge in [0, 0.05) is 5.56 Å². The Morgan fingerprint density at radius 2 is 2.08 bits per heavy atom. The van der Waals surface area contributed by atoms with Gasteiger partial charge >= 0.3 is 0 Å². The van der Waals surface area contributed by atoms with Crippen molar-refractivity contribution in [2.24, 2.45) is 5.73 Å². The van der Waals surface area contributed by atoms with Crippen molar-refractivity contribution >= 4 is 11.6 Å². The Balaban J connectivity index is 2.92. The lowest BCUT2D eigenvalue weighted by molar-refractivity contribution is 0.959. The molecule has 0 radical (unpaired) electrons. The lowest BCUT2D eigenvalue weighted by Gasteiger charge is -1.93. The van der Waals surface area contributed by atoms with Crippen molar-refractivity contribution in [2.45, 2.75) is 13.0 Å². The molecule has 1 aromatic rings.